The summed E-state index contributed by atoms with van der Waals surface area (Å²) in [6.07, 6.45) is 0. The van der Waals surface area contributed by atoms with E-state index in [9.17, 15) is 5.11 Å². The Morgan fingerprint density at radius 1 is 1.27 bits per heavy atom. The van der Waals surface area contributed by atoms with Crippen LogP contribution in [0, 0.1) is 11.8 Å². The molecule has 0 aliphatic carbocycles. The van der Waals surface area contributed by atoms with Gasteiger partial charge in [-0.1, -0.05) is 37.3 Å². The third kappa shape index (κ3) is 2.58. The quantitative estimate of drug-likeness (QED) is 0.812. The average molecular weight is 205 g/mol. The molecule has 82 valence electrons. The molecule has 1 aromatic rings. The Labute approximate surface area is 91.5 Å². The van der Waals surface area contributed by atoms with Gasteiger partial charge in [0.1, 0.15) is 0 Å². The van der Waals surface area contributed by atoms with E-state index >= 15 is 0 Å². The Morgan fingerprint density at radius 3 is 2.60 bits per heavy atom. The lowest BCUT2D eigenvalue weighted by Crippen LogP contribution is -2.20. The lowest BCUT2D eigenvalue weighted by Gasteiger charge is -2.15. The lowest BCUT2D eigenvalue weighted by atomic mass is 10.00. The van der Waals surface area contributed by atoms with E-state index in [1.165, 1.54) is 5.56 Å². The highest BCUT2D eigenvalue weighted by atomic mass is 16.3. The van der Waals surface area contributed by atoms with Crippen LogP contribution < -0.4 is 0 Å². The van der Waals surface area contributed by atoms with E-state index in [2.05, 4.69) is 36.1 Å². The first kappa shape index (κ1) is 10.7. The van der Waals surface area contributed by atoms with Gasteiger partial charge in [0.25, 0.3) is 0 Å². The van der Waals surface area contributed by atoms with Crippen LogP contribution in [0.2, 0.25) is 0 Å². The van der Waals surface area contributed by atoms with Crippen LogP contribution >= 0.6 is 0 Å². The van der Waals surface area contributed by atoms with Crippen molar-refractivity contribution >= 4 is 0 Å². The third-order valence-corrected chi connectivity index (χ3v) is 3.33. The molecule has 0 saturated carbocycles. The van der Waals surface area contributed by atoms with E-state index in [-0.39, 0.29) is 0 Å². The summed E-state index contributed by atoms with van der Waals surface area (Å²) in [5.41, 5.74) is 1.36. The highest BCUT2D eigenvalue weighted by Gasteiger charge is 2.28. The van der Waals surface area contributed by atoms with Gasteiger partial charge in [0.05, 0.1) is 0 Å². The van der Waals surface area contributed by atoms with Crippen LogP contribution in [0.15, 0.2) is 30.3 Å². The standard InChI is InChI=1S/C13H19NO/c1-11-7-14(9-13(11)10-15)8-12-5-3-2-4-6-12/h2-6,11,13,15H,7-10H2,1H3/t11-,13-/m1/s1. The molecule has 2 atom stereocenters. The summed E-state index contributed by atoms with van der Waals surface area (Å²) >= 11 is 0. The summed E-state index contributed by atoms with van der Waals surface area (Å²) in [6.45, 7) is 5.71. The maximum absolute atomic E-state index is 9.19. The highest BCUT2D eigenvalue weighted by Crippen LogP contribution is 2.23. The van der Waals surface area contributed by atoms with Crippen LogP contribution in [0.1, 0.15) is 12.5 Å². The molecule has 1 aliphatic rings. The van der Waals surface area contributed by atoms with Crippen molar-refractivity contribution in [3.8, 4) is 0 Å². The van der Waals surface area contributed by atoms with Gasteiger partial charge >= 0.3 is 0 Å². The van der Waals surface area contributed by atoms with Crippen molar-refractivity contribution in [2.45, 2.75) is 13.5 Å². The Bertz CT molecular complexity index is 299. The molecule has 1 N–H and O–H groups in total. The zero-order chi connectivity index (χ0) is 10.7. The van der Waals surface area contributed by atoms with Gasteiger partial charge in [-0.05, 0) is 17.4 Å². The first-order valence-corrected chi connectivity index (χ1v) is 5.66. The molecule has 0 amide bonds. The number of likely N-dealkylation sites (tertiary alicyclic amines) is 1. The lowest BCUT2D eigenvalue weighted by molar-refractivity contribution is 0.204. The number of rotatable bonds is 3. The van der Waals surface area contributed by atoms with Gasteiger partial charge in [-0.15, -0.1) is 0 Å². The topological polar surface area (TPSA) is 23.5 Å². The second-order valence-electron chi connectivity index (χ2n) is 4.60. The van der Waals surface area contributed by atoms with E-state index in [4.69, 9.17) is 0 Å². The molecule has 0 aromatic heterocycles. The van der Waals surface area contributed by atoms with Crippen molar-refractivity contribution in [1.82, 2.24) is 4.90 Å². The fraction of sp³-hybridized carbons (Fsp3) is 0.538. The summed E-state index contributed by atoms with van der Waals surface area (Å²) in [7, 11) is 0. The van der Waals surface area contributed by atoms with Crippen LogP contribution in [0.3, 0.4) is 0 Å². The minimum atomic E-state index is 0.326. The van der Waals surface area contributed by atoms with Crippen LogP contribution in [0.4, 0.5) is 0 Å². The van der Waals surface area contributed by atoms with Gasteiger partial charge in [-0.25, -0.2) is 0 Å². The zero-order valence-corrected chi connectivity index (χ0v) is 9.26. The molecule has 15 heavy (non-hydrogen) atoms. The minimum absolute atomic E-state index is 0.326. The molecule has 1 heterocycles. The number of nitrogens with zero attached hydrogens (tertiary/aromatic N) is 1. The van der Waals surface area contributed by atoms with Gasteiger partial charge < -0.3 is 5.11 Å². The van der Waals surface area contributed by atoms with E-state index < -0.39 is 0 Å². The van der Waals surface area contributed by atoms with Crippen LogP contribution in [0.25, 0.3) is 0 Å². The molecular weight excluding hydrogens is 186 g/mol. The molecule has 0 spiro atoms. The second-order valence-corrected chi connectivity index (χ2v) is 4.60. The summed E-state index contributed by atoms with van der Waals surface area (Å²) in [6, 6.07) is 10.5. The largest absolute Gasteiger partial charge is 0.396 e. The Morgan fingerprint density at radius 2 is 2.00 bits per heavy atom. The van der Waals surface area contributed by atoms with Crippen molar-refractivity contribution in [1.29, 1.82) is 0 Å². The van der Waals surface area contributed by atoms with E-state index in [0.717, 1.165) is 19.6 Å². The minimum Gasteiger partial charge on any atom is -0.396 e. The van der Waals surface area contributed by atoms with Gasteiger partial charge in [-0.3, -0.25) is 4.90 Å². The highest BCUT2D eigenvalue weighted by molar-refractivity contribution is 5.14. The first-order chi connectivity index (χ1) is 7.29. The monoisotopic (exact) mass is 205 g/mol. The molecule has 2 rings (SSSR count). The molecule has 1 aromatic carbocycles. The number of hydrogen-bond donors (Lipinski definition) is 1. The summed E-state index contributed by atoms with van der Waals surface area (Å²) in [4.78, 5) is 2.43. The van der Waals surface area contributed by atoms with Crippen LogP contribution in [-0.4, -0.2) is 29.7 Å². The summed E-state index contributed by atoms with van der Waals surface area (Å²) in [5.74, 6) is 1.09. The maximum atomic E-state index is 9.19. The fourth-order valence-corrected chi connectivity index (χ4v) is 2.35. The fourth-order valence-electron chi connectivity index (χ4n) is 2.35. The van der Waals surface area contributed by atoms with E-state index in [1.54, 1.807) is 0 Å². The van der Waals surface area contributed by atoms with Gasteiger partial charge in [-0.2, -0.15) is 0 Å². The smallest absolute Gasteiger partial charge is 0.0474 e. The van der Waals surface area contributed by atoms with Crippen molar-refractivity contribution in [2.24, 2.45) is 11.8 Å². The normalized spacial score (nSPS) is 27.1. The average Bonchev–Trinajstić information content (AvgIpc) is 2.60. The third-order valence-electron chi connectivity index (χ3n) is 3.33. The Balaban J connectivity index is 1.92. The van der Waals surface area contributed by atoms with E-state index in [1.807, 2.05) is 6.07 Å². The Hall–Kier alpha value is -0.860. The molecule has 0 radical (unpaired) electrons. The number of aliphatic hydroxyl groups is 1. The number of aliphatic hydroxyl groups excluding tert-OH is 1. The first-order valence-electron chi connectivity index (χ1n) is 5.66. The summed E-state index contributed by atoms with van der Waals surface area (Å²) in [5, 5.41) is 9.19. The van der Waals surface area contributed by atoms with Crippen LogP contribution in [0.5, 0.6) is 0 Å². The molecule has 1 saturated heterocycles. The molecule has 1 fully saturated rings. The van der Waals surface area contributed by atoms with Gasteiger partial charge in [0, 0.05) is 26.2 Å². The van der Waals surface area contributed by atoms with Gasteiger partial charge in [0.15, 0.2) is 0 Å². The second kappa shape index (κ2) is 4.77. The molecule has 0 unspecified atom stereocenters. The molecule has 1 aliphatic heterocycles. The SMILES string of the molecule is C[C@@H]1CN(Cc2ccccc2)C[C@@H]1CO. The van der Waals surface area contributed by atoms with Crippen molar-refractivity contribution in [3.63, 3.8) is 0 Å². The van der Waals surface area contributed by atoms with Crippen molar-refractivity contribution in [2.75, 3.05) is 19.7 Å². The molecule has 2 nitrogen and oxygen atoms in total. The summed E-state index contributed by atoms with van der Waals surface area (Å²) < 4.78 is 0. The predicted octanol–water partition coefficient (Wildman–Crippen LogP) is 1.75. The molecular formula is C13H19NO. The van der Waals surface area contributed by atoms with Gasteiger partial charge in [0.2, 0.25) is 0 Å². The van der Waals surface area contributed by atoms with Crippen molar-refractivity contribution < 1.29 is 5.11 Å². The van der Waals surface area contributed by atoms with Crippen LogP contribution in [-0.2, 0) is 6.54 Å². The number of hydrogen-bond acceptors (Lipinski definition) is 2. The molecule has 0 bridgehead atoms. The maximum Gasteiger partial charge on any atom is 0.0474 e. The van der Waals surface area contributed by atoms with E-state index in [0.29, 0.717) is 18.4 Å². The predicted molar refractivity (Wildman–Crippen MR) is 61.5 cm³/mol. The zero-order valence-electron chi connectivity index (χ0n) is 9.26. The van der Waals surface area contributed by atoms with Crippen molar-refractivity contribution in [3.05, 3.63) is 35.9 Å². The molecule has 2 heteroatoms. The Kier molecular flexibility index (Phi) is 3.39. The number of benzene rings is 1.